The fourth-order valence-corrected chi connectivity index (χ4v) is 5.37. The molecule has 154 valence electrons. The van der Waals surface area contributed by atoms with Crippen LogP contribution in [-0.2, 0) is 19.6 Å². The van der Waals surface area contributed by atoms with E-state index in [2.05, 4.69) is 5.32 Å². The molecule has 0 aromatic heterocycles. The van der Waals surface area contributed by atoms with Crippen molar-refractivity contribution in [1.82, 2.24) is 4.31 Å². The Morgan fingerprint density at radius 1 is 1.07 bits per heavy atom. The molecule has 2 fully saturated rings. The van der Waals surface area contributed by atoms with E-state index in [0.29, 0.717) is 31.6 Å². The van der Waals surface area contributed by atoms with E-state index >= 15 is 0 Å². The average molecular weight is 410 g/mol. The predicted molar refractivity (Wildman–Crippen MR) is 101 cm³/mol. The predicted octanol–water partition coefficient (Wildman–Crippen LogP) is -1.30. The van der Waals surface area contributed by atoms with Crippen molar-refractivity contribution in [2.24, 2.45) is 11.8 Å². The molecular weight excluding hydrogens is 382 g/mol. The lowest BCUT2D eigenvalue weighted by Gasteiger charge is -2.31. The zero-order chi connectivity index (χ0) is 20.3. The molecule has 1 saturated carbocycles. The van der Waals surface area contributed by atoms with E-state index < -0.39 is 27.8 Å². The Labute approximate surface area is 165 Å². The number of carbonyl (C=O) groups is 2. The highest BCUT2D eigenvalue weighted by atomic mass is 32.2. The van der Waals surface area contributed by atoms with E-state index in [1.807, 2.05) is 7.05 Å². The number of hydrogen-bond acceptors (Lipinski definition) is 5. The molecule has 2 atom stereocenters. The molecule has 1 aliphatic heterocycles. The average Bonchev–Trinajstić information content (AvgIpc) is 2.68. The first-order valence-electron chi connectivity index (χ1n) is 9.72. The van der Waals surface area contributed by atoms with Gasteiger partial charge in [0.15, 0.2) is 0 Å². The van der Waals surface area contributed by atoms with E-state index in [-0.39, 0.29) is 10.8 Å². The molecule has 3 rings (SSSR count). The van der Waals surface area contributed by atoms with Gasteiger partial charge in [-0.1, -0.05) is 12.8 Å². The highest BCUT2D eigenvalue weighted by Crippen LogP contribution is 2.31. The highest BCUT2D eigenvalue weighted by molar-refractivity contribution is 7.89. The lowest BCUT2D eigenvalue weighted by atomic mass is 9.78. The van der Waals surface area contributed by atoms with Crippen molar-refractivity contribution in [1.29, 1.82) is 0 Å². The number of anilines is 1. The van der Waals surface area contributed by atoms with Crippen LogP contribution < -0.4 is 15.3 Å². The van der Waals surface area contributed by atoms with Crippen LogP contribution in [0.3, 0.4) is 0 Å². The van der Waals surface area contributed by atoms with Crippen molar-refractivity contribution in [2.75, 3.05) is 38.5 Å². The number of hydrogen-bond donors (Lipinski definition) is 2. The van der Waals surface area contributed by atoms with Gasteiger partial charge in [-0.05, 0) is 37.1 Å². The van der Waals surface area contributed by atoms with Gasteiger partial charge in [-0.3, -0.25) is 4.79 Å². The summed E-state index contributed by atoms with van der Waals surface area (Å²) < 4.78 is 27.0. The van der Waals surface area contributed by atoms with Gasteiger partial charge in [0.25, 0.3) is 0 Å². The Bertz CT molecular complexity index is 816. The molecule has 1 aromatic carbocycles. The summed E-state index contributed by atoms with van der Waals surface area (Å²) in [6.45, 7) is 2.51. The van der Waals surface area contributed by atoms with Crippen LogP contribution in [-0.4, -0.2) is 57.8 Å². The Morgan fingerprint density at radius 2 is 1.64 bits per heavy atom. The molecule has 2 N–H and O–H groups in total. The fraction of sp³-hybridized carbons (Fsp3) is 0.579. The number of nitrogens with one attached hydrogen (secondary N) is 2. The summed E-state index contributed by atoms with van der Waals surface area (Å²) in [6, 6.07) is 6.05. The number of carboxylic acid groups (broad SMARTS) is 1. The van der Waals surface area contributed by atoms with Gasteiger partial charge in [0.05, 0.1) is 38.1 Å². The number of rotatable bonds is 5. The van der Waals surface area contributed by atoms with E-state index in [9.17, 15) is 23.1 Å². The Morgan fingerprint density at radius 3 is 2.21 bits per heavy atom. The SMILES string of the molecule is C[NH+]1CCN(S(=O)(=O)c2ccc(NC(=O)[C@H]3CCCC[C@H]3C(=O)[O-])cc2)CC1. The van der Waals surface area contributed by atoms with Crippen molar-refractivity contribution in [2.45, 2.75) is 30.6 Å². The van der Waals surface area contributed by atoms with Crippen molar-refractivity contribution in [3.8, 4) is 0 Å². The van der Waals surface area contributed by atoms with Gasteiger partial charge in [-0.2, -0.15) is 4.31 Å². The molecule has 1 aromatic rings. The monoisotopic (exact) mass is 409 g/mol. The van der Waals surface area contributed by atoms with E-state index in [1.54, 1.807) is 12.1 Å². The molecule has 2 aliphatic rings. The Balaban J connectivity index is 1.67. The van der Waals surface area contributed by atoms with Crippen LogP contribution in [0.5, 0.6) is 0 Å². The zero-order valence-electron chi connectivity index (χ0n) is 16.0. The first kappa shape index (κ1) is 20.8. The molecule has 1 amide bonds. The van der Waals surface area contributed by atoms with E-state index in [4.69, 9.17) is 0 Å². The maximum absolute atomic E-state index is 12.7. The quantitative estimate of drug-likeness (QED) is 0.628. The molecular formula is C19H27N3O5S. The topological polar surface area (TPSA) is 111 Å². The zero-order valence-corrected chi connectivity index (χ0v) is 16.8. The molecule has 0 unspecified atom stereocenters. The molecule has 8 nitrogen and oxygen atoms in total. The van der Waals surface area contributed by atoms with Gasteiger partial charge >= 0.3 is 0 Å². The molecule has 28 heavy (non-hydrogen) atoms. The lowest BCUT2D eigenvalue weighted by molar-refractivity contribution is -0.883. The molecule has 9 heteroatoms. The number of aliphatic carboxylic acids is 1. The molecule has 0 bridgehead atoms. The summed E-state index contributed by atoms with van der Waals surface area (Å²) in [5, 5.41) is 14.0. The van der Waals surface area contributed by atoms with Crippen molar-refractivity contribution in [3.63, 3.8) is 0 Å². The van der Waals surface area contributed by atoms with Gasteiger partial charge in [0.2, 0.25) is 15.9 Å². The molecule has 1 aliphatic carbocycles. The van der Waals surface area contributed by atoms with Crippen molar-refractivity contribution >= 4 is 27.6 Å². The maximum Gasteiger partial charge on any atom is 0.243 e. The number of amides is 1. The van der Waals surface area contributed by atoms with Gasteiger partial charge in [-0.15, -0.1) is 0 Å². The summed E-state index contributed by atoms with van der Waals surface area (Å²) in [4.78, 5) is 25.3. The molecule has 1 saturated heterocycles. The van der Waals surface area contributed by atoms with Crippen LogP contribution in [0.25, 0.3) is 0 Å². The first-order chi connectivity index (χ1) is 13.3. The molecule has 0 radical (unpaired) electrons. The number of piperazine rings is 1. The van der Waals surface area contributed by atoms with Crippen LogP contribution in [0.4, 0.5) is 5.69 Å². The van der Waals surface area contributed by atoms with Crippen LogP contribution in [0, 0.1) is 11.8 Å². The third kappa shape index (κ3) is 4.53. The number of benzene rings is 1. The van der Waals surface area contributed by atoms with Crippen LogP contribution in [0.1, 0.15) is 25.7 Å². The lowest BCUT2D eigenvalue weighted by Crippen LogP contribution is -3.12. The second-order valence-corrected chi connectivity index (χ2v) is 9.63. The number of quaternary nitrogens is 1. The largest absolute Gasteiger partial charge is 0.550 e. The minimum Gasteiger partial charge on any atom is -0.550 e. The summed E-state index contributed by atoms with van der Waals surface area (Å²) in [5.41, 5.74) is 0.453. The van der Waals surface area contributed by atoms with Gasteiger partial charge in [0.1, 0.15) is 0 Å². The van der Waals surface area contributed by atoms with E-state index in [0.717, 1.165) is 25.9 Å². The van der Waals surface area contributed by atoms with E-state index in [1.165, 1.54) is 21.3 Å². The fourth-order valence-electron chi connectivity index (χ4n) is 3.93. The van der Waals surface area contributed by atoms with Crippen molar-refractivity contribution < 1.29 is 28.0 Å². The van der Waals surface area contributed by atoms with Gasteiger partial charge in [-0.25, -0.2) is 8.42 Å². The standard InChI is InChI=1S/C19H27N3O5S/c1-21-10-12-22(13-11-21)28(26,27)15-8-6-14(7-9-15)20-18(23)16-4-2-3-5-17(16)19(24)25/h6-9,16-17H,2-5,10-13H2,1H3,(H,20,23)(H,24,25)/t16-,17+/m0/s1. The molecule has 1 heterocycles. The van der Waals surface area contributed by atoms with Crippen LogP contribution >= 0.6 is 0 Å². The van der Waals surface area contributed by atoms with Gasteiger partial charge < -0.3 is 20.1 Å². The Kier molecular flexibility index (Phi) is 6.36. The third-order valence-corrected chi connectivity index (χ3v) is 7.65. The highest BCUT2D eigenvalue weighted by Gasteiger charge is 2.32. The number of carboxylic acids is 1. The normalized spacial score (nSPS) is 24.6. The Hall–Kier alpha value is -1.97. The second kappa shape index (κ2) is 8.59. The number of nitrogens with zero attached hydrogens (tertiary/aromatic N) is 1. The van der Waals surface area contributed by atoms with Gasteiger partial charge in [0, 0.05) is 23.5 Å². The minimum absolute atomic E-state index is 0.190. The number of likely N-dealkylation sites (N-methyl/N-ethyl adjacent to an activating group) is 1. The number of sulfonamides is 1. The van der Waals surface area contributed by atoms with Crippen LogP contribution in [0.15, 0.2) is 29.2 Å². The summed E-state index contributed by atoms with van der Waals surface area (Å²) >= 11 is 0. The summed E-state index contributed by atoms with van der Waals surface area (Å²) in [6.07, 6.45) is 2.56. The van der Waals surface area contributed by atoms with Crippen LogP contribution in [0.2, 0.25) is 0 Å². The smallest absolute Gasteiger partial charge is 0.243 e. The minimum atomic E-state index is -3.55. The summed E-state index contributed by atoms with van der Waals surface area (Å²) in [5.74, 6) is -2.93. The van der Waals surface area contributed by atoms with Crippen molar-refractivity contribution in [3.05, 3.63) is 24.3 Å². The third-order valence-electron chi connectivity index (χ3n) is 5.74. The summed E-state index contributed by atoms with van der Waals surface area (Å²) in [7, 11) is -1.51. The number of carbonyl (C=O) groups excluding carboxylic acids is 2. The second-order valence-electron chi connectivity index (χ2n) is 7.69. The first-order valence-corrected chi connectivity index (χ1v) is 11.2. The molecule has 0 spiro atoms. The maximum atomic E-state index is 12.7.